The molecular formula is C15H25N3O. The summed E-state index contributed by atoms with van der Waals surface area (Å²) in [5.41, 5.74) is 1.22. The first-order valence-electron chi connectivity index (χ1n) is 7.31. The molecule has 19 heavy (non-hydrogen) atoms. The maximum atomic E-state index is 11.9. The second-order valence-electron chi connectivity index (χ2n) is 5.78. The molecule has 2 rings (SSSR count). The summed E-state index contributed by atoms with van der Waals surface area (Å²) in [6.45, 7) is 5.55. The minimum Gasteiger partial charge on any atom is -0.352 e. The van der Waals surface area contributed by atoms with Crippen molar-refractivity contribution in [3.8, 4) is 0 Å². The SMILES string of the molecule is CC(C)NCc1ccn(CC(=O)NC2CCCC2)c1. The molecule has 1 amide bonds. The van der Waals surface area contributed by atoms with Gasteiger partial charge in [0.1, 0.15) is 6.54 Å². The lowest BCUT2D eigenvalue weighted by Gasteiger charge is -2.12. The van der Waals surface area contributed by atoms with Gasteiger partial charge < -0.3 is 15.2 Å². The highest BCUT2D eigenvalue weighted by atomic mass is 16.2. The molecule has 0 aliphatic heterocycles. The van der Waals surface area contributed by atoms with Gasteiger partial charge in [0.2, 0.25) is 5.91 Å². The first-order valence-corrected chi connectivity index (χ1v) is 7.31. The molecule has 0 atom stereocenters. The molecule has 4 nitrogen and oxygen atoms in total. The zero-order chi connectivity index (χ0) is 13.7. The Labute approximate surface area is 115 Å². The number of amides is 1. The van der Waals surface area contributed by atoms with Gasteiger partial charge in [0, 0.05) is 31.0 Å². The number of aromatic nitrogens is 1. The summed E-state index contributed by atoms with van der Waals surface area (Å²) < 4.78 is 1.96. The molecule has 0 saturated heterocycles. The van der Waals surface area contributed by atoms with Gasteiger partial charge in [-0.1, -0.05) is 26.7 Å². The molecular weight excluding hydrogens is 238 g/mol. The minimum atomic E-state index is 0.130. The third kappa shape index (κ3) is 4.71. The third-order valence-corrected chi connectivity index (χ3v) is 3.57. The van der Waals surface area contributed by atoms with Gasteiger partial charge in [-0.15, -0.1) is 0 Å². The molecule has 0 aromatic carbocycles. The van der Waals surface area contributed by atoms with Gasteiger partial charge in [0.15, 0.2) is 0 Å². The Balaban J connectivity index is 1.76. The summed E-state index contributed by atoms with van der Waals surface area (Å²) in [6.07, 6.45) is 8.80. The Morgan fingerprint density at radius 3 is 2.84 bits per heavy atom. The van der Waals surface area contributed by atoms with Crippen molar-refractivity contribution in [1.82, 2.24) is 15.2 Å². The molecule has 1 aromatic heterocycles. The zero-order valence-corrected chi connectivity index (χ0v) is 12.0. The summed E-state index contributed by atoms with van der Waals surface area (Å²) in [5.74, 6) is 0.130. The molecule has 1 heterocycles. The van der Waals surface area contributed by atoms with E-state index >= 15 is 0 Å². The lowest BCUT2D eigenvalue weighted by atomic mass is 10.2. The molecule has 1 fully saturated rings. The summed E-state index contributed by atoms with van der Waals surface area (Å²) in [7, 11) is 0. The normalized spacial score (nSPS) is 16.2. The lowest BCUT2D eigenvalue weighted by molar-refractivity contribution is -0.122. The predicted molar refractivity (Wildman–Crippen MR) is 76.8 cm³/mol. The van der Waals surface area contributed by atoms with E-state index in [1.807, 2.05) is 17.0 Å². The highest BCUT2D eigenvalue weighted by Crippen LogP contribution is 2.17. The number of nitrogens with zero attached hydrogens (tertiary/aromatic N) is 1. The highest BCUT2D eigenvalue weighted by molar-refractivity contribution is 5.76. The number of carbonyl (C=O) groups excluding carboxylic acids is 1. The van der Waals surface area contributed by atoms with Crippen LogP contribution in [0.25, 0.3) is 0 Å². The van der Waals surface area contributed by atoms with E-state index in [0.717, 1.165) is 19.4 Å². The van der Waals surface area contributed by atoms with Crippen molar-refractivity contribution in [2.45, 2.75) is 64.7 Å². The molecule has 0 bridgehead atoms. The molecule has 0 unspecified atom stereocenters. The van der Waals surface area contributed by atoms with Crippen molar-refractivity contribution >= 4 is 5.91 Å². The van der Waals surface area contributed by atoms with E-state index in [4.69, 9.17) is 0 Å². The van der Waals surface area contributed by atoms with Crippen LogP contribution in [0.5, 0.6) is 0 Å². The first kappa shape index (κ1) is 14.1. The van der Waals surface area contributed by atoms with Gasteiger partial charge in [-0.3, -0.25) is 4.79 Å². The lowest BCUT2D eigenvalue weighted by Crippen LogP contribution is -2.34. The van der Waals surface area contributed by atoms with Gasteiger partial charge in [0.05, 0.1) is 0 Å². The Kier molecular flexibility index (Phi) is 5.02. The van der Waals surface area contributed by atoms with Crippen LogP contribution in [0, 0.1) is 0 Å². The molecule has 2 N–H and O–H groups in total. The van der Waals surface area contributed by atoms with Gasteiger partial charge >= 0.3 is 0 Å². The predicted octanol–water partition coefficient (Wildman–Crippen LogP) is 2.04. The second-order valence-corrected chi connectivity index (χ2v) is 5.78. The molecule has 4 heteroatoms. The molecule has 106 valence electrons. The van der Waals surface area contributed by atoms with E-state index in [1.165, 1.54) is 18.4 Å². The Bertz CT molecular complexity index is 405. The van der Waals surface area contributed by atoms with E-state index in [-0.39, 0.29) is 5.91 Å². The van der Waals surface area contributed by atoms with Crippen LogP contribution < -0.4 is 10.6 Å². The Morgan fingerprint density at radius 2 is 2.16 bits per heavy atom. The quantitative estimate of drug-likeness (QED) is 0.825. The van der Waals surface area contributed by atoms with Crippen LogP contribution in [0.2, 0.25) is 0 Å². The van der Waals surface area contributed by atoms with Crippen LogP contribution in [0.1, 0.15) is 45.1 Å². The fourth-order valence-corrected chi connectivity index (χ4v) is 2.52. The number of hydrogen-bond acceptors (Lipinski definition) is 2. The first-order chi connectivity index (χ1) is 9.13. The molecule has 1 aromatic rings. The second kappa shape index (κ2) is 6.75. The molecule has 1 saturated carbocycles. The molecule has 1 aliphatic rings. The number of carbonyl (C=O) groups is 1. The van der Waals surface area contributed by atoms with Crippen LogP contribution in [0.4, 0.5) is 0 Å². The number of hydrogen-bond donors (Lipinski definition) is 2. The Morgan fingerprint density at radius 1 is 1.42 bits per heavy atom. The average Bonchev–Trinajstić information content (AvgIpc) is 2.98. The maximum absolute atomic E-state index is 11.9. The molecule has 1 aliphatic carbocycles. The molecule has 0 spiro atoms. The zero-order valence-electron chi connectivity index (χ0n) is 12.0. The van der Waals surface area contributed by atoms with Crippen LogP contribution in [-0.4, -0.2) is 22.6 Å². The van der Waals surface area contributed by atoms with Gasteiger partial charge in [-0.2, -0.15) is 0 Å². The van der Waals surface area contributed by atoms with Crippen molar-refractivity contribution in [3.63, 3.8) is 0 Å². The van der Waals surface area contributed by atoms with Crippen LogP contribution in [0.3, 0.4) is 0 Å². The van der Waals surface area contributed by atoms with Crippen molar-refractivity contribution < 1.29 is 4.79 Å². The number of nitrogens with one attached hydrogen (secondary N) is 2. The summed E-state index contributed by atoms with van der Waals surface area (Å²) in [6, 6.07) is 2.96. The fourth-order valence-electron chi connectivity index (χ4n) is 2.52. The van der Waals surface area contributed by atoms with E-state index in [1.54, 1.807) is 0 Å². The average molecular weight is 263 g/mol. The topological polar surface area (TPSA) is 46.1 Å². The maximum Gasteiger partial charge on any atom is 0.240 e. The highest BCUT2D eigenvalue weighted by Gasteiger charge is 2.16. The number of rotatable bonds is 6. The monoisotopic (exact) mass is 263 g/mol. The van der Waals surface area contributed by atoms with Crippen molar-refractivity contribution in [1.29, 1.82) is 0 Å². The Hall–Kier alpha value is -1.29. The van der Waals surface area contributed by atoms with Gasteiger partial charge in [-0.25, -0.2) is 0 Å². The molecule has 0 radical (unpaired) electrons. The smallest absolute Gasteiger partial charge is 0.240 e. The van der Waals surface area contributed by atoms with Crippen LogP contribution >= 0.6 is 0 Å². The van der Waals surface area contributed by atoms with E-state index in [9.17, 15) is 4.79 Å². The third-order valence-electron chi connectivity index (χ3n) is 3.57. The van der Waals surface area contributed by atoms with E-state index in [2.05, 4.69) is 30.5 Å². The standard InChI is InChI=1S/C15H25N3O/c1-12(2)16-9-13-7-8-18(10-13)11-15(19)17-14-5-3-4-6-14/h7-8,10,12,14,16H,3-6,9,11H2,1-2H3,(H,17,19). The summed E-state index contributed by atoms with van der Waals surface area (Å²) >= 11 is 0. The van der Waals surface area contributed by atoms with Gasteiger partial charge in [-0.05, 0) is 24.5 Å². The fraction of sp³-hybridized carbons (Fsp3) is 0.667. The largest absolute Gasteiger partial charge is 0.352 e. The summed E-state index contributed by atoms with van der Waals surface area (Å²) in [4.78, 5) is 11.9. The van der Waals surface area contributed by atoms with Crippen LogP contribution in [-0.2, 0) is 17.9 Å². The van der Waals surface area contributed by atoms with Crippen molar-refractivity contribution in [2.75, 3.05) is 0 Å². The van der Waals surface area contributed by atoms with Gasteiger partial charge in [0.25, 0.3) is 0 Å². The van der Waals surface area contributed by atoms with Crippen molar-refractivity contribution in [3.05, 3.63) is 24.0 Å². The van der Waals surface area contributed by atoms with E-state index < -0.39 is 0 Å². The minimum absolute atomic E-state index is 0.130. The van der Waals surface area contributed by atoms with Crippen molar-refractivity contribution in [2.24, 2.45) is 0 Å². The van der Waals surface area contributed by atoms with E-state index in [0.29, 0.717) is 18.6 Å². The summed E-state index contributed by atoms with van der Waals surface area (Å²) in [5, 5.41) is 6.48. The van der Waals surface area contributed by atoms with Crippen LogP contribution in [0.15, 0.2) is 18.5 Å².